The highest BCUT2D eigenvalue weighted by atomic mass is 19.4. The van der Waals surface area contributed by atoms with Crippen molar-refractivity contribution in [2.75, 3.05) is 13.2 Å². The summed E-state index contributed by atoms with van der Waals surface area (Å²) in [7, 11) is 0. The molecule has 0 fully saturated rings. The molecule has 2 aromatic rings. The maximum Gasteiger partial charge on any atom is 0.395 e. The lowest BCUT2D eigenvalue weighted by Crippen LogP contribution is -2.43. The van der Waals surface area contributed by atoms with Crippen LogP contribution in [0.5, 0.6) is 11.6 Å². The van der Waals surface area contributed by atoms with Gasteiger partial charge in [0.05, 0.1) is 12.0 Å². The van der Waals surface area contributed by atoms with E-state index in [9.17, 15) is 26.7 Å². The number of benzene rings is 1. The zero-order valence-corrected chi connectivity index (χ0v) is 16.3. The predicted octanol–water partition coefficient (Wildman–Crippen LogP) is 3.39. The molecular formula is C20H20F5N3O3. The van der Waals surface area contributed by atoms with E-state index in [4.69, 9.17) is 9.47 Å². The molecule has 2 aliphatic heterocycles. The predicted molar refractivity (Wildman–Crippen MR) is 98.5 cm³/mol. The Labute approximate surface area is 174 Å². The third kappa shape index (κ3) is 4.91. The van der Waals surface area contributed by atoms with Crippen LogP contribution in [-0.2, 0) is 19.4 Å². The molecule has 1 aromatic heterocycles. The van der Waals surface area contributed by atoms with Gasteiger partial charge in [0.1, 0.15) is 19.0 Å². The molecule has 11 heteroatoms. The van der Waals surface area contributed by atoms with Crippen molar-refractivity contribution in [1.29, 1.82) is 0 Å². The van der Waals surface area contributed by atoms with Gasteiger partial charge in [0.2, 0.25) is 12.3 Å². The molecule has 3 heterocycles. The molecule has 31 heavy (non-hydrogen) atoms. The standard InChI is InChI=1S/C20H20F5N3O3/c21-17(22)6-11-1-2-16-12(5-11)7-14(10-30-16)26-19(29)15-8-18-28(27-15)4-3-13(9-31-18)20(23,24)25/h1-2,5,8,13-14,17H,3-4,6-7,9-10H2,(H,26,29)/t13?,14-/m1/s1. The number of aryl methyl sites for hydroxylation is 1. The van der Waals surface area contributed by atoms with Gasteiger partial charge >= 0.3 is 6.18 Å². The van der Waals surface area contributed by atoms with Gasteiger partial charge < -0.3 is 14.8 Å². The van der Waals surface area contributed by atoms with Crippen molar-refractivity contribution in [3.05, 3.63) is 41.1 Å². The summed E-state index contributed by atoms with van der Waals surface area (Å²) in [5.41, 5.74) is 1.23. The van der Waals surface area contributed by atoms with Crippen molar-refractivity contribution >= 4 is 5.91 Å². The van der Waals surface area contributed by atoms with E-state index in [1.54, 1.807) is 18.2 Å². The van der Waals surface area contributed by atoms with Gasteiger partial charge in [-0.25, -0.2) is 13.5 Å². The molecule has 0 saturated carbocycles. The third-order valence-electron chi connectivity index (χ3n) is 5.32. The van der Waals surface area contributed by atoms with Crippen molar-refractivity contribution < 1.29 is 36.2 Å². The first-order valence-electron chi connectivity index (χ1n) is 9.80. The summed E-state index contributed by atoms with van der Waals surface area (Å²) in [6.07, 6.45) is -6.96. The summed E-state index contributed by atoms with van der Waals surface area (Å²) in [6.45, 7) is -0.339. The maximum absolute atomic E-state index is 12.9. The number of alkyl halides is 5. The zero-order valence-electron chi connectivity index (χ0n) is 16.3. The molecule has 0 radical (unpaired) electrons. The van der Waals surface area contributed by atoms with Gasteiger partial charge in [-0.05, 0) is 30.0 Å². The van der Waals surface area contributed by atoms with Crippen LogP contribution in [0.1, 0.15) is 28.0 Å². The number of nitrogens with zero attached hydrogens (tertiary/aromatic N) is 2. The Hall–Kier alpha value is -2.85. The second-order valence-electron chi connectivity index (χ2n) is 7.65. The largest absolute Gasteiger partial charge is 0.491 e. The number of amides is 1. The van der Waals surface area contributed by atoms with Crippen LogP contribution in [0.15, 0.2) is 24.3 Å². The number of nitrogens with one attached hydrogen (secondary N) is 1. The molecule has 1 N–H and O–H groups in total. The fourth-order valence-electron chi connectivity index (χ4n) is 3.70. The highest BCUT2D eigenvalue weighted by Gasteiger charge is 2.41. The van der Waals surface area contributed by atoms with Crippen molar-refractivity contribution in [1.82, 2.24) is 15.1 Å². The van der Waals surface area contributed by atoms with Crippen molar-refractivity contribution in [2.45, 2.75) is 44.5 Å². The second kappa shape index (κ2) is 8.35. The van der Waals surface area contributed by atoms with E-state index in [2.05, 4.69) is 10.4 Å². The van der Waals surface area contributed by atoms with Gasteiger partial charge in [-0.2, -0.15) is 18.3 Å². The summed E-state index contributed by atoms with van der Waals surface area (Å²) in [5.74, 6) is -1.40. The maximum atomic E-state index is 12.9. The Kier molecular flexibility index (Phi) is 5.76. The van der Waals surface area contributed by atoms with Crippen LogP contribution in [0, 0.1) is 5.92 Å². The smallest absolute Gasteiger partial charge is 0.395 e. The Balaban J connectivity index is 1.39. The van der Waals surface area contributed by atoms with Crippen LogP contribution in [0.2, 0.25) is 0 Å². The molecule has 2 atom stereocenters. The fourth-order valence-corrected chi connectivity index (χ4v) is 3.70. The first-order valence-corrected chi connectivity index (χ1v) is 9.80. The van der Waals surface area contributed by atoms with Crippen molar-refractivity contribution in [2.24, 2.45) is 5.92 Å². The summed E-state index contributed by atoms with van der Waals surface area (Å²) in [5, 5.41) is 6.84. The first-order chi connectivity index (χ1) is 14.7. The molecule has 1 aromatic carbocycles. The number of halogens is 5. The van der Waals surface area contributed by atoms with Crippen molar-refractivity contribution in [3.8, 4) is 11.6 Å². The summed E-state index contributed by atoms with van der Waals surface area (Å²) in [6, 6.07) is 5.78. The molecule has 0 spiro atoms. The highest BCUT2D eigenvalue weighted by molar-refractivity contribution is 5.92. The summed E-state index contributed by atoms with van der Waals surface area (Å²) >= 11 is 0. The average molecular weight is 445 g/mol. The average Bonchev–Trinajstić information content (AvgIpc) is 2.99. The lowest BCUT2D eigenvalue weighted by molar-refractivity contribution is -0.182. The Bertz CT molecular complexity index is 935. The normalized spacial score (nSPS) is 20.8. The van der Waals surface area contributed by atoms with E-state index in [0.29, 0.717) is 17.7 Å². The molecule has 4 rings (SSSR count). The SMILES string of the molecule is O=C(N[C@H]1COc2ccc(CC(F)F)cc2C1)c1cc2n(n1)CCC(C(F)(F)F)CO2. The van der Waals surface area contributed by atoms with E-state index < -0.39 is 37.1 Å². The number of carbonyl (C=O) groups excluding carboxylic acids is 1. The Morgan fingerprint density at radius 1 is 1.23 bits per heavy atom. The van der Waals surface area contributed by atoms with Crippen LogP contribution in [0.3, 0.4) is 0 Å². The molecule has 1 unspecified atom stereocenters. The number of hydrogen-bond acceptors (Lipinski definition) is 4. The minimum Gasteiger partial charge on any atom is -0.491 e. The number of ether oxygens (including phenoxy) is 2. The van der Waals surface area contributed by atoms with E-state index in [0.717, 1.165) is 5.56 Å². The van der Waals surface area contributed by atoms with Gasteiger partial charge in [0, 0.05) is 19.0 Å². The second-order valence-corrected chi connectivity index (χ2v) is 7.65. The van der Waals surface area contributed by atoms with Gasteiger partial charge in [-0.15, -0.1) is 0 Å². The van der Waals surface area contributed by atoms with Gasteiger partial charge in [0.25, 0.3) is 5.91 Å². The number of aromatic nitrogens is 2. The molecule has 2 aliphatic rings. The van der Waals surface area contributed by atoms with Crippen LogP contribution in [0.4, 0.5) is 22.0 Å². The molecule has 1 amide bonds. The quantitative estimate of drug-likeness (QED) is 0.733. The number of hydrogen-bond donors (Lipinski definition) is 1. The van der Waals surface area contributed by atoms with Gasteiger partial charge in [0.15, 0.2) is 5.69 Å². The summed E-state index contributed by atoms with van der Waals surface area (Å²) in [4.78, 5) is 12.6. The monoisotopic (exact) mass is 445 g/mol. The van der Waals surface area contributed by atoms with Crippen LogP contribution >= 0.6 is 0 Å². The lowest BCUT2D eigenvalue weighted by atomic mass is 9.99. The minimum atomic E-state index is -4.35. The van der Waals surface area contributed by atoms with E-state index in [-0.39, 0.29) is 37.6 Å². The van der Waals surface area contributed by atoms with E-state index in [1.165, 1.54) is 10.7 Å². The van der Waals surface area contributed by atoms with Crippen LogP contribution < -0.4 is 14.8 Å². The topological polar surface area (TPSA) is 65.4 Å². The molecular weight excluding hydrogens is 425 g/mol. The zero-order chi connectivity index (χ0) is 22.2. The fraction of sp³-hybridized carbons (Fsp3) is 0.500. The third-order valence-corrected chi connectivity index (χ3v) is 5.32. The molecule has 6 nitrogen and oxygen atoms in total. The van der Waals surface area contributed by atoms with E-state index in [1.807, 2.05) is 0 Å². The van der Waals surface area contributed by atoms with Crippen molar-refractivity contribution in [3.63, 3.8) is 0 Å². The van der Waals surface area contributed by atoms with Gasteiger partial charge in [-0.3, -0.25) is 4.79 Å². The minimum absolute atomic E-state index is 0.0143. The summed E-state index contributed by atoms with van der Waals surface area (Å²) < 4.78 is 76.0. The first kappa shape index (κ1) is 21.4. The van der Waals surface area contributed by atoms with Crippen LogP contribution in [-0.4, -0.2) is 47.5 Å². The number of carbonyl (C=O) groups is 1. The Morgan fingerprint density at radius 3 is 2.77 bits per heavy atom. The highest BCUT2D eigenvalue weighted by Crippen LogP contribution is 2.33. The van der Waals surface area contributed by atoms with Crippen LogP contribution in [0.25, 0.3) is 0 Å². The molecule has 0 aliphatic carbocycles. The Morgan fingerprint density at radius 2 is 2.03 bits per heavy atom. The lowest BCUT2D eigenvalue weighted by Gasteiger charge is -2.26. The molecule has 168 valence electrons. The van der Waals surface area contributed by atoms with Gasteiger partial charge in [-0.1, -0.05) is 12.1 Å². The number of rotatable bonds is 4. The number of fused-ring (bicyclic) bond motifs is 2. The van der Waals surface area contributed by atoms with E-state index >= 15 is 0 Å². The molecule has 0 bridgehead atoms. The molecule has 0 saturated heterocycles.